The molecule has 8 nitrogen and oxygen atoms in total. The number of amides is 1. The molecule has 32 heavy (non-hydrogen) atoms. The van der Waals surface area contributed by atoms with Gasteiger partial charge in [-0.25, -0.2) is 4.98 Å². The Labute approximate surface area is 187 Å². The Bertz CT molecular complexity index is 1110. The molecule has 0 spiro atoms. The Balaban J connectivity index is 1.48. The maximum absolute atomic E-state index is 12.8. The van der Waals surface area contributed by atoms with Crippen molar-refractivity contribution in [2.45, 2.75) is 13.5 Å². The van der Waals surface area contributed by atoms with E-state index in [0.29, 0.717) is 42.8 Å². The summed E-state index contributed by atoms with van der Waals surface area (Å²) in [5, 5.41) is 0. The molecule has 0 N–H and O–H groups in total. The van der Waals surface area contributed by atoms with Crippen LogP contribution in [-0.4, -0.2) is 56.8 Å². The molecule has 2 heterocycles. The molecule has 4 rings (SSSR count). The molecule has 1 aliphatic rings. The molecule has 3 aromatic rings. The zero-order valence-electron chi connectivity index (χ0n) is 18.8. The van der Waals surface area contributed by atoms with Crippen LogP contribution in [0.2, 0.25) is 0 Å². The van der Waals surface area contributed by atoms with Crippen molar-refractivity contribution in [2.24, 2.45) is 0 Å². The topological polar surface area (TPSA) is 77.3 Å². The van der Waals surface area contributed by atoms with Crippen LogP contribution in [0.3, 0.4) is 0 Å². The van der Waals surface area contributed by atoms with Crippen molar-refractivity contribution >= 4 is 11.6 Å². The Hall–Kier alpha value is -3.52. The summed E-state index contributed by atoms with van der Waals surface area (Å²) in [5.41, 5.74) is 2.37. The Kier molecular flexibility index (Phi) is 6.32. The van der Waals surface area contributed by atoms with Crippen molar-refractivity contribution in [2.75, 3.05) is 45.9 Å². The molecule has 0 radical (unpaired) electrons. The van der Waals surface area contributed by atoms with Gasteiger partial charge < -0.3 is 23.5 Å². The molecule has 0 bridgehead atoms. The number of ether oxygens (including phenoxy) is 3. The molecule has 0 atom stereocenters. The largest absolute Gasteiger partial charge is 0.497 e. The van der Waals surface area contributed by atoms with Crippen LogP contribution in [0.5, 0.6) is 17.2 Å². The van der Waals surface area contributed by atoms with Gasteiger partial charge in [0.1, 0.15) is 23.0 Å². The SMILES string of the molecule is COc1cccc(N2CCN(Cc3nc(-c4cc(OC)ccc4OC)oc3C)CC2=O)c1. The highest BCUT2D eigenvalue weighted by Crippen LogP contribution is 2.34. The van der Waals surface area contributed by atoms with Gasteiger partial charge in [-0.15, -0.1) is 0 Å². The van der Waals surface area contributed by atoms with Gasteiger partial charge in [0.25, 0.3) is 0 Å². The lowest BCUT2D eigenvalue weighted by Crippen LogP contribution is -2.50. The van der Waals surface area contributed by atoms with E-state index in [4.69, 9.17) is 23.6 Å². The second kappa shape index (κ2) is 9.32. The zero-order chi connectivity index (χ0) is 22.7. The van der Waals surface area contributed by atoms with Gasteiger partial charge in [-0.05, 0) is 37.3 Å². The molecule has 1 amide bonds. The smallest absolute Gasteiger partial charge is 0.241 e. The van der Waals surface area contributed by atoms with Crippen molar-refractivity contribution in [3.05, 3.63) is 53.9 Å². The lowest BCUT2D eigenvalue weighted by Gasteiger charge is -2.34. The molecule has 0 aliphatic carbocycles. The summed E-state index contributed by atoms with van der Waals surface area (Å²) in [6.45, 7) is 4.04. The number of hydrogen-bond acceptors (Lipinski definition) is 7. The highest BCUT2D eigenvalue weighted by Gasteiger charge is 2.27. The van der Waals surface area contributed by atoms with E-state index in [1.54, 1.807) is 26.2 Å². The van der Waals surface area contributed by atoms with Gasteiger partial charge in [0.15, 0.2) is 0 Å². The number of nitrogens with zero attached hydrogens (tertiary/aromatic N) is 3. The molecule has 1 aliphatic heterocycles. The summed E-state index contributed by atoms with van der Waals surface area (Å²) in [6, 6.07) is 13.0. The number of aryl methyl sites for hydroxylation is 1. The average molecular weight is 437 g/mol. The van der Waals surface area contributed by atoms with Gasteiger partial charge >= 0.3 is 0 Å². The molecule has 168 valence electrons. The Morgan fingerprint density at radius 3 is 2.50 bits per heavy atom. The normalized spacial score (nSPS) is 14.5. The van der Waals surface area contributed by atoms with E-state index >= 15 is 0 Å². The van der Waals surface area contributed by atoms with Crippen molar-refractivity contribution in [3.8, 4) is 28.7 Å². The standard InChI is InChI=1S/C24H27N3O5/c1-16-21(25-24(32-16)20-13-19(30-3)8-9-22(20)31-4)14-26-10-11-27(23(28)15-26)17-6-5-7-18(12-17)29-2/h5-9,12-13H,10-11,14-15H2,1-4H3. The fourth-order valence-corrected chi connectivity index (χ4v) is 3.79. The number of oxazole rings is 1. The summed E-state index contributed by atoms with van der Waals surface area (Å²) in [5.74, 6) is 3.30. The first-order valence-corrected chi connectivity index (χ1v) is 10.4. The van der Waals surface area contributed by atoms with Gasteiger partial charge in [0, 0.05) is 31.4 Å². The quantitative estimate of drug-likeness (QED) is 0.560. The fourth-order valence-electron chi connectivity index (χ4n) is 3.79. The highest BCUT2D eigenvalue weighted by atomic mass is 16.5. The number of hydrogen-bond donors (Lipinski definition) is 0. The van der Waals surface area contributed by atoms with Crippen molar-refractivity contribution in [3.63, 3.8) is 0 Å². The van der Waals surface area contributed by atoms with E-state index in [0.717, 1.165) is 29.2 Å². The molecular weight excluding hydrogens is 410 g/mol. The summed E-state index contributed by atoms with van der Waals surface area (Å²) in [7, 11) is 4.84. The summed E-state index contributed by atoms with van der Waals surface area (Å²) in [6.07, 6.45) is 0. The number of carbonyl (C=O) groups is 1. The van der Waals surface area contributed by atoms with Gasteiger partial charge in [0.05, 0.1) is 39.1 Å². The monoisotopic (exact) mass is 437 g/mol. The summed E-state index contributed by atoms with van der Waals surface area (Å²) >= 11 is 0. The maximum atomic E-state index is 12.8. The van der Waals surface area contributed by atoms with Crippen molar-refractivity contribution < 1.29 is 23.4 Å². The first-order chi connectivity index (χ1) is 15.5. The van der Waals surface area contributed by atoms with Crippen LogP contribution in [0, 0.1) is 6.92 Å². The minimum Gasteiger partial charge on any atom is -0.497 e. The third-order valence-electron chi connectivity index (χ3n) is 5.57. The second-order valence-electron chi connectivity index (χ2n) is 7.55. The molecule has 1 saturated heterocycles. The van der Waals surface area contributed by atoms with Crippen LogP contribution in [0.4, 0.5) is 5.69 Å². The predicted molar refractivity (Wildman–Crippen MR) is 120 cm³/mol. The third kappa shape index (κ3) is 4.40. The second-order valence-corrected chi connectivity index (χ2v) is 7.55. The molecule has 0 unspecified atom stereocenters. The van der Waals surface area contributed by atoms with E-state index < -0.39 is 0 Å². The van der Waals surface area contributed by atoms with Crippen LogP contribution in [0.25, 0.3) is 11.5 Å². The van der Waals surface area contributed by atoms with Gasteiger partial charge in [-0.2, -0.15) is 0 Å². The number of rotatable bonds is 7. The molecule has 8 heteroatoms. The Morgan fingerprint density at radius 2 is 1.78 bits per heavy atom. The van der Waals surface area contributed by atoms with Gasteiger partial charge in [0.2, 0.25) is 11.8 Å². The molecule has 1 fully saturated rings. The number of aromatic nitrogens is 1. The molecule has 1 aromatic heterocycles. The van der Waals surface area contributed by atoms with Crippen LogP contribution < -0.4 is 19.1 Å². The average Bonchev–Trinajstić information content (AvgIpc) is 3.18. The third-order valence-corrected chi connectivity index (χ3v) is 5.57. The van der Waals surface area contributed by atoms with Gasteiger partial charge in [-0.1, -0.05) is 6.07 Å². The van der Waals surface area contributed by atoms with E-state index in [2.05, 4.69) is 4.90 Å². The fraction of sp³-hybridized carbons (Fsp3) is 0.333. The van der Waals surface area contributed by atoms with Crippen LogP contribution in [0.1, 0.15) is 11.5 Å². The lowest BCUT2D eigenvalue weighted by molar-refractivity contribution is -0.121. The number of benzene rings is 2. The van der Waals surface area contributed by atoms with E-state index in [-0.39, 0.29) is 5.91 Å². The number of methoxy groups -OCH3 is 3. The van der Waals surface area contributed by atoms with Crippen LogP contribution in [-0.2, 0) is 11.3 Å². The maximum Gasteiger partial charge on any atom is 0.241 e. The Morgan fingerprint density at radius 1 is 1.00 bits per heavy atom. The van der Waals surface area contributed by atoms with Crippen molar-refractivity contribution in [1.82, 2.24) is 9.88 Å². The molecular formula is C24H27N3O5. The van der Waals surface area contributed by atoms with Crippen LogP contribution >= 0.6 is 0 Å². The van der Waals surface area contributed by atoms with E-state index in [9.17, 15) is 4.79 Å². The first kappa shape index (κ1) is 21.7. The predicted octanol–water partition coefficient (Wildman–Crippen LogP) is 3.52. The minimum absolute atomic E-state index is 0.0420. The van der Waals surface area contributed by atoms with Gasteiger partial charge in [-0.3, -0.25) is 9.69 Å². The number of piperazine rings is 1. The number of anilines is 1. The van der Waals surface area contributed by atoms with Crippen molar-refractivity contribution in [1.29, 1.82) is 0 Å². The zero-order valence-corrected chi connectivity index (χ0v) is 18.8. The molecule has 0 saturated carbocycles. The van der Waals surface area contributed by atoms with Crippen LogP contribution in [0.15, 0.2) is 46.9 Å². The highest BCUT2D eigenvalue weighted by molar-refractivity contribution is 5.95. The number of carbonyl (C=O) groups excluding carboxylic acids is 1. The first-order valence-electron chi connectivity index (χ1n) is 10.4. The van der Waals surface area contributed by atoms with E-state index in [1.165, 1.54) is 0 Å². The lowest BCUT2D eigenvalue weighted by atomic mass is 10.2. The summed E-state index contributed by atoms with van der Waals surface area (Å²) < 4.78 is 22.0. The molecule has 2 aromatic carbocycles. The summed E-state index contributed by atoms with van der Waals surface area (Å²) in [4.78, 5) is 21.4. The minimum atomic E-state index is 0.0420. The van der Waals surface area contributed by atoms with E-state index in [1.807, 2.05) is 49.4 Å².